The summed E-state index contributed by atoms with van der Waals surface area (Å²) in [5.41, 5.74) is 3.63. The minimum Gasteiger partial charge on any atom is -0.354 e. The summed E-state index contributed by atoms with van der Waals surface area (Å²) in [6.07, 6.45) is 2.64. The van der Waals surface area contributed by atoms with Gasteiger partial charge in [0.25, 0.3) is 5.56 Å². The number of rotatable bonds is 1. The van der Waals surface area contributed by atoms with E-state index in [1.165, 1.54) is 12.1 Å². The first-order chi connectivity index (χ1) is 13.7. The zero-order valence-electron chi connectivity index (χ0n) is 15.1. The van der Waals surface area contributed by atoms with Gasteiger partial charge in [0.15, 0.2) is 5.82 Å². The predicted octanol–water partition coefficient (Wildman–Crippen LogP) is 3.04. The van der Waals surface area contributed by atoms with E-state index < -0.39 is 0 Å². The molecule has 7 heteroatoms. The number of hydrogen-bond donors (Lipinski definition) is 1. The van der Waals surface area contributed by atoms with Gasteiger partial charge in [0.1, 0.15) is 23.2 Å². The smallest absolute Gasteiger partial charge is 0.250 e. The molecule has 6 rings (SSSR count). The molecule has 3 aromatic heterocycles. The Morgan fingerprint density at radius 2 is 2.04 bits per heavy atom. The van der Waals surface area contributed by atoms with Crippen molar-refractivity contribution >= 4 is 27.8 Å². The molecular formula is C21H18FN5O. The van der Waals surface area contributed by atoms with Crippen molar-refractivity contribution in [2.75, 3.05) is 18.0 Å². The summed E-state index contributed by atoms with van der Waals surface area (Å²) in [5, 5.41) is 0.771. The molecule has 1 aromatic carbocycles. The summed E-state index contributed by atoms with van der Waals surface area (Å²) < 4.78 is 15.7. The van der Waals surface area contributed by atoms with Crippen LogP contribution in [0.3, 0.4) is 0 Å². The molecule has 28 heavy (non-hydrogen) atoms. The number of fused-ring (bicyclic) bond motifs is 7. The highest BCUT2D eigenvalue weighted by atomic mass is 19.1. The van der Waals surface area contributed by atoms with E-state index in [1.807, 2.05) is 10.6 Å². The van der Waals surface area contributed by atoms with Crippen LogP contribution in [0.25, 0.3) is 21.9 Å². The summed E-state index contributed by atoms with van der Waals surface area (Å²) in [6, 6.07) is 10.3. The summed E-state index contributed by atoms with van der Waals surface area (Å²) in [4.78, 5) is 26.9. The van der Waals surface area contributed by atoms with Gasteiger partial charge in [-0.15, -0.1) is 0 Å². The first kappa shape index (κ1) is 15.8. The van der Waals surface area contributed by atoms with Crippen LogP contribution >= 0.6 is 0 Å². The van der Waals surface area contributed by atoms with Gasteiger partial charge in [0, 0.05) is 48.2 Å². The Hall–Kier alpha value is -3.22. The number of hydrogen-bond acceptors (Lipinski definition) is 4. The molecule has 1 fully saturated rings. The van der Waals surface area contributed by atoms with Crippen molar-refractivity contribution in [2.24, 2.45) is 5.92 Å². The maximum atomic E-state index is 13.7. The highest BCUT2D eigenvalue weighted by Gasteiger charge is 2.35. The number of nitrogens with zero attached hydrogens (tertiary/aromatic N) is 4. The Bertz CT molecular complexity index is 1290. The lowest BCUT2D eigenvalue weighted by atomic mass is 9.83. The number of benzene rings is 1. The van der Waals surface area contributed by atoms with Crippen LogP contribution in [-0.2, 0) is 6.54 Å². The van der Waals surface area contributed by atoms with Gasteiger partial charge in [-0.1, -0.05) is 6.07 Å². The molecule has 0 saturated carbocycles. The standard InChI is InChI=1S/C21H18FN5O/c22-14-4-5-16-15(7-14)19-20(25-16)21(24-11-23-19)26-8-12-6-13(10-26)17-2-1-3-18(28)27(17)9-12/h1-5,7,11-13,25H,6,8-10H2/t12-,13+/m0/s1. The molecule has 140 valence electrons. The molecule has 0 spiro atoms. The van der Waals surface area contributed by atoms with Crippen LogP contribution in [0.1, 0.15) is 18.0 Å². The first-order valence-electron chi connectivity index (χ1n) is 9.54. The van der Waals surface area contributed by atoms with Crippen molar-refractivity contribution < 1.29 is 4.39 Å². The monoisotopic (exact) mass is 375 g/mol. The van der Waals surface area contributed by atoms with Gasteiger partial charge in [0.05, 0.1) is 0 Å². The van der Waals surface area contributed by atoms with Crippen LogP contribution in [0, 0.1) is 11.7 Å². The Balaban J connectivity index is 1.47. The second-order valence-corrected chi connectivity index (χ2v) is 7.84. The van der Waals surface area contributed by atoms with Crippen molar-refractivity contribution in [2.45, 2.75) is 18.9 Å². The first-order valence-corrected chi connectivity index (χ1v) is 9.54. The zero-order valence-corrected chi connectivity index (χ0v) is 15.1. The quantitative estimate of drug-likeness (QED) is 0.555. The van der Waals surface area contributed by atoms with E-state index in [4.69, 9.17) is 0 Å². The van der Waals surface area contributed by atoms with Crippen LogP contribution in [0.4, 0.5) is 10.2 Å². The molecule has 6 nitrogen and oxygen atoms in total. The lowest BCUT2D eigenvalue weighted by Gasteiger charge is -2.43. The number of nitrogens with one attached hydrogen (secondary N) is 1. The van der Waals surface area contributed by atoms with E-state index >= 15 is 0 Å². The molecule has 5 heterocycles. The van der Waals surface area contributed by atoms with Crippen LogP contribution in [0.15, 0.2) is 47.5 Å². The molecule has 1 saturated heterocycles. The van der Waals surface area contributed by atoms with E-state index in [9.17, 15) is 9.18 Å². The van der Waals surface area contributed by atoms with Crippen LogP contribution in [0.5, 0.6) is 0 Å². The number of aromatic nitrogens is 4. The van der Waals surface area contributed by atoms with E-state index in [1.54, 1.807) is 18.5 Å². The van der Waals surface area contributed by atoms with Gasteiger partial charge in [-0.25, -0.2) is 14.4 Å². The molecule has 0 aliphatic carbocycles. The fraction of sp³-hybridized carbons (Fsp3) is 0.286. The van der Waals surface area contributed by atoms with Gasteiger partial charge in [-0.3, -0.25) is 4.79 Å². The minimum atomic E-state index is -0.275. The SMILES string of the molecule is O=c1cccc2n1C[C@H]1C[C@@H]2CN(c2ncnc3c2[nH]c2ccc(F)cc23)C1. The fourth-order valence-corrected chi connectivity index (χ4v) is 4.96. The number of halogens is 1. The Morgan fingerprint density at radius 1 is 1.11 bits per heavy atom. The van der Waals surface area contributed by atoms with Gasteiger partial charge in [0.2, 0.25) is 0 Å². The summed E-state index contributed by atoms with van der Waals surface area (Å²) in [5.74, 6) is 1.28. The molecule has 2 aliphatic rings. The van der Waals surface area contributed by atoms with Crippen LogP contribution in [-0.4, -0.2) is 32.6 Å². The molecule has 0 radical (unpaired) electrons. The third-order valence-electron chi connectivity index (χ3n) is 6.10. The summed E-state index contributed by atoms with van der Waals surface area (Å²) >= 11 is 0. The maximum Gasteiger partial charge on any atom is 0.250 e. The van der Waals surface area contributed by atoms with Crippen LogP contribution in [0.2, 0.25) is 0 Å². The van der Waals surface area contributed by atoms with Crippen LogP contribution < -0.4 is 10.5 Å². The second-order valence-electron chi connectivity index (χ2n) is 7.84. The topological polar surface area (TPSA) is 66.8 Å². The van der Waals surface area contributed by atoms with Gasteiger partial charge >= 0.3 is 0 Å². The van der Waals surface area contributed by atoms with Gasteiger partial charge < -0.3 is 14.5 Å². The maximum absolute atomic E-state index is 13.7. The molecule has 2 aliphatic heterocycles. The Labute approximate surface area is 159 Å². The average molecular weight is 375 g/mol. The Kier molecular flexibility index (Phi) is 3.18. The third-order valence-corrected chi connectivity index (χ3v) is 6.10. The van der Waals surface area contributed by atoms with Crippen molar-refractivity contribution in [1.29, 1.82) is 0 Å². The highest BCUT2D eigenvalue weighted by Crippen LogP contribution is 2.38. The molecular weight excluding hydrogens is 357 g/mol. The van der Waals surface area contributed by atoms with E-state index in [0.29, 0.717) is 11.8 Å². The zero-order chi connectivity index (χ0) is 18.8. The third kappa shape index (κ3) is 2.22. The van der Waals surface area contributed by atoms with Crippen molar-refractivity contribution in [1.82, 2.24) is 19.5 Å². The number of aromatic amines is 1. The molecule has 1 N–H and O–H groups in total. The molecule has 0 amide bonds. The number of anilines is 1. The van der Waals surface area contributed by atoms with E-state index in [0.717, 1.165) is 59.5 Å². The number of piperidine rings is 1. The molecule has 0 unspecified atom stereocenters. The Morgan fingerprint density at radius 3 is 2.96 bits per heavy atom. The number of pyridine rings is 1. The normalized spacial score (nSPS) is 21.2. The minimum absolute atomic E-state index is 0.0859. The van der Waals surface area contributed by atoms with E-state index in [2.05, 4.69) is 25.9 Å². The summed E-state index contributed by atoms with van der Waals surface area (Å²) in [7, 11) is 0. The molecule has 2 atom stereocenters. The van der Waals surface area contributed by atoms with Crippen molar-refractivity contribution in [3.05, 3.63) is 64.6 Å². The number of H-pyrrole nitrogens is 1. The van der Waals surface area contributed by atoms with Crippen molar-refractivity contribution in [3.63, 3.8) is 0 Å². The van der Waals surface area contributed by atoms with E-state index in [-0.39, 0.29) is 11.4 Å². The fourth-order valence-electron chi connectivity index (χ4n) is 4.96. The highest BCUT2D eigenvalue weighted by molar-refractivity contribution is 6.08. The van der Waals surface area contributed by atoms with Gasteiger partial charge in [-0.05, 0) is 36.6 Å². The average Bonchev–Trinajstić information content (AvgIpc) is 3.07. The second kappa shape index (κ2) is 5.64. The summed E-state index contributed by atoms with van der Waals surface area (Å²) in [6.45, 7) is 2.39. The largest absolute Gasteiger partial charge is 0.354 e. The molecule has 4 aromatic rings. The van der Waals surface area contributed by atoms with Crippen molar-refractivity contribution in [3.8, 4) is 0 Å². The lowest BCUT2D eigenvalue weighted by molar-refractivity contribution is 0.281. The lowest BCUT2D eigenvalue weighted by Crippen LogP contribution is -2.47. The van der Waals surface area contributed by atoms with Gasteiger partial charge in [-0.2, -0.15) is 0 Å². The molecule has 2 bridgehead atoms. The predicted molar refractivity (Wildman–Crippen MR) is 105 cm³/mol.